The van der Waals surface area contributed by atoms with E-state index in [1.165, 1.54) is 0 Å². The molecule has 2 amide bonds. The number of likely N-dealkylation sites (tertiary alicyclic amines) is 1. The van der Waals surface area contributed by atoms with Gasteiger partial charge >= 0.3 is 11.7 Å². The Bertz CT molecular complexity index is 1090. The van der Waals surface area contributed by atoms with Gasteiger partial charge in [-0.3, -0.25) is 4.57 Å². The summed E-state index contributed by atoms with van der Waals surface area (Å²) in [6, 6.07) is 17.6. The van der Waals surface area contributed by atoms with E-state index < -0.39 is 0 Å². The second kappa shape index (κ2) is 9.20. The number of benzene rings is 2. The van der Waals surface area contributed by atoms with Gasteiger partial charge in [0.2, 0.25) is 0 Å². The van der Waals surface area contributed by atoms with Crippen LogP contribution in [0.25, 0.3) is 0 Å². The third-order valence-corrected chi connectivity index (χ3v) is 5.98. The average molecular weight is 420 g/mol. The van der Waals surface area contributed by atoms with E-state index in [0.29, 0.717) is 26.2 Å². The normalized spacial score (nSPS) is 14.6. The lowest BCUT2D eigenvalue weighted by molar-refractivity contribution is 0.192. The van der Waals surface area contributed by atoms with Crippen LogP contribution in [0.1, 0.15) is 42.6 Å². The second-order valence-corrected chi connectivity index (χ2v) is 8.03. The van der Waals surface area contributed by atoms with E-state index in [1.54, 1.807) is 9.25 Å². The van der Waals surface area contributed by atoms with E-state index in [-0.39, 0.29) is 17.6 Å². The highest BCUT2D eigenvalue weighted by Crippen LogP contribution is 2.27. The molecule has 1 fully saturated rings. The van der Waals surface area contributed by atoms with Crippen molar-refractivity contribution in [2.45, 2.75) is 45.7 Å². The van der Waals surface area contributed by atoms with Crippen LogP contribution in [0, 0.1) is 6.92 Å². The number of aryl methyl sites for hydroxylation is 1. The third kappa shape index (κ3) is 4.55. The molecular weight excluding hydrogens is 390 g/mol. The molecule has 0 bridgehead atoms. The van der Waals surface area contributed by atoms with E-state index in [2.05, 4.69) is 5.32 Å². The van der Waals surface area contributed by atoms with Crippen molar-refractivity contribution in [1.82, 2.24) is 19.2 Å². The maximum atomic E-state index is 12.9. The van der Waals surface area contributed by atoms with Gasteiger partial charge in [-0.2, -0.15) is 5.10 Å². The van der Waals surface area contributed by atoms with E-state index >= 15 is 0 Å². The molecule has 1 N–H and O–H groups in total. The Morgan fingerprint density at radius 2 is 1.74 bits per heavy atom. The summed E-state index contributed by atoms with van der Waals surface area (Å²) in [5.41, 5.74) is 2.87. The molecule has 1 aliphatic heterocycles. The number of anilines is 1. The van der Waals surface area contributed by atoms with Gasteiger partial charge in [0.25, 0.3) is 0 Å². The number of urea groups is 1. The molecule has 2 aromatic carbocycles. The molecule has 0 spiro atoms. The van der Waals surface area contributed by atoms with Crippen LogP contribution in [0.2, 0.25) is 0 Å². The zero-order chi connectivity index (χ0) is 21.8. The number of hydrogen-bond acceptors (Lipinski definition) is 3. The average Bonchev–Trinajstić information content (AvgIpc) is 3.11. The molecule has 1 saturated heterocycles. The molecule has 0 saturated carbocycles. The van der Waals surface area contributed by atoms with Gasteiger partial charge in [-0.15, -0.1) is 0 Å². The van der Waals surface area contributed by atoms with Crippen molar-refractivity contribution in [2.24, 2.45) is 0 Å². The topological polar surface area (TPSA) is 72.2 Å². The van der Waals surface area contributed by atoms with Crippen LogP contribution in [0.4, 0.5) is 10.5 Å². The number of hydrogen-bond donors (Lipinski definition) is 1. The SMILES string of the molecule is CCn1c(C2CCN(C(=O)Nc3ccccc3C)CC2)nn(Cc2ccccc2)c1=O. The fraction of sp³-hybridized carbons (Fsp3) is 0.375. The summed E-state index contributed by atoms with van der Waals surface area (Å²) in [5, 5.41) is 7.71. The van der Waals surface area contributed by atoms with E-state index in [9.17, 15) is 9.59 Å². The molecule has 0 aliphatic carbocycles. The van der Waals surface area contributed by atoms with Crippen LogP contribution in [0.5, 0.6) is 0 Å². The van der Waals surface area contributed by atoms with Crippen LogP contribution in [0.3, 0.4) is 0 Å². The fourth-order valence-electron chi connectivity index (χ4n) is 4.16. The number of rotatable bonds is 5. The molecule has 4 rings (SSSR count). The van der Waals surface area contributed by atoms with Crippen LogP contribution in [0.15, 0.2) is 59.4 Å². The minimum Gasteiger partial charge on any atom is -0.324 e. The lowest BCUT2D eigenvalue weighted by Crippen LogP contribution is -2.41. The molecule has 0 unspecified atom stereocenters. The van der Waals surface area contributed by atoms with Gasteiger partial charge in [0.1, 0.15) is 5.82 Å². The van der Waals surface area contributed by atoms with Crippen molar-refractivity contribution in [2.75, 3.05) is 18.4 Å². The van der Waals surface area contributed by atoms with Gasteiger partial charge in [0.05, 0.1) is 6.54 Å². The van der Waals surface area contributed by atoms with Gasteiger partial charge in [0, 0.05) is 31.2 Å². The zero-order valence-corrected chi connectivity index (χ0v) is 18.1. The Hall–Kier alpha value is -3.35. The van der Waals surface area contributed by atoms with Gasteiger partial charge in [-0.25, -0.2) is 14.3 Å². The molecule has 7 heteroatoms. The summed E-state index contributed by atoms with van der Waals surface area (Å²) in [6.07, 6.45) is 1.59. The first-order chi connectivity index (χ1) is 15.1. The minimum atomic E-state index is -0.0739. The second-order valence-electron chi connectivity index (χ2n) is 8.03. The summed E-state index contributed by atoms with van der Waals surface area (Å²) < 4.78 is 3.34. The summed E-state index contributed by atoms with van der Waals surface area (Å²) >= 11 is 0. The molecule has 3 aromatic rings. The number of nitrogens with one attached hydrogen (secondary N) is 1. The third-order valence-electron chi connectivity index (χ3n) is 5.98. The van der Waals surface area contributed by atoms with E-state index in [1.807, 2.05) is 73.3 Å². The summed E-state index contributed by atoms with van der Waals surface area (Å²) in [4.78, 5) is 27.4. The van der Waals surface area contributed by atoms with Crippen molar-refractivity contribution in [3.05, 3.63) is 82.0 Å². The molecule has 162 valence electrons. The van der Waals surface area contributed by atoms with E-state index in [0.717, 1.165) is 35.5 Å². The fourth-order valence-corrected chi connectivity index (χ4v) is 4.16. The van der Waals surface area contributed by atoms with Crippen LogP contribution in [-0.2, 0) is 13.1 Å². The van der Waals surface area contributed by atoms with Crippen molar-refractivity contribution >= 4 is 11.7 Å². The van der Waals surface area contributed by atoms with Crippen LogP contribution >= 0.6 is 0 Å². The summed E-state index contributed by atoms with van der Waals surface area (Å²) in [5.74, 6) is 1.01. The Balaban J connectivity index is 1.43. The van der Waals surface area contributed by atoms with Crippen LogP contribution < -0.4 is 11.0 Å². The number of carbonyl (C=O) groups is 1. The quantitative estimate of drug-likeness (QED) is 0.683. The predicted molar refractivity (Wildman–Crippen MR) is 121 cm³/mol. The minimum absolute atomic E-state index is 0.0684. The van der Waals surface area contributed by atoms with Gasteiger partial charge in [0.15, 0.2) is 0 Å². The van der Waals surface area contributed by atoms with Gasteiger partial charge in [-0.1, -0.05) is 48.5 Å². The Kier molecular flexibility index (Phi) is 6.21. The standard InChI is InChI=1S/C24H29N5O2/c1-3-28-22(26-29(24(28)31)17-19-10-5-4-6-11-19)20-13-15-27(16-14-20)23(30)25-21-12-8-7-9-18(21)2/h4-12,20H,3,13-17H2,1-2H3,(H,25,30). The largest absolute Gasteiger partial charge is 0.346 e. The highest BCUT2D eigenvalue weighted by Gasteiger charge is 2.28. The highest BCUT2D eigenvalue weighted by molar-refractivity contribution is 5.90. The number of nitrogens with zero attached hydrogens (tertiary/aromatic N) is 4. The molecule has 31 heavy (non-hydrogen) atoms. The summed E-state index contributed by atoms with van der Waals surface area (Å²) in [6.45, 7) is 6.31. The zero-order valence-electron chi connectivity index (χ0n) is 18.1. The first-order valence-electron chi connectivity index (χ1n) is 10.9. The number of para-hydroxylation sites is 1. The molecule has 1 aromatic heterocycles. The van der Waals surface area contributed by atoms with Crippen molar-refractivity contribution in [3.8, 4) is 0 Å². The van der Waals surface area contributed by atoms with Crippen molar-refractivity contribution < 1.29 is 4.79 Å². The molecule has 2 heterocycles. The van der Waals surface area contributed by atoms with Gasteiger partial charge < -0.3 is 10.2 Å². The molecule has 7 nitrogen and oxygen atoms in total. The molecule has 0 atom stereocenters. The van der Waals surface area contributed by atoms with Gasteiger partial charge in [-0.05, 0) is 43.9 Å². The molecule has 0 radical (unpaired) electrons. The Labute approximate surface area is 182 Å². The van der Waals surface area contributed by atoms with Crippen molar-refractivity contribution in [3.63, 3.8) is 0 Å². The molecular formula is C24H29N5O2. The lowest BCUT2D eigenvalue weighted by Gasteiger charge is -2.31. The number of piperidine rings is 1. The molecule has 1 aliphatic rings. The summed E-state index contributed by atoms with van der Waals surface area (Å²) in [7, 11) is 0. The predicted octanol–water partition coefficient (Wildman–Crippen LogP) is 3.83. The smallest absolute Gasteiger partial charge is 0.324 e. The first-order valence-corrected chi connectivity index (χ1v) is 10.9. The highest BCUT2D eigenvalue weighted by atomic mass is 16.2. The number of carbonyl (C=O) groups excluding carboxylic acids is 1. The van der Waals surface area contributed by atoms with Crippen molar-refractivity contribution in [1.29, 1.82) is 0 Å². The number of aromatic nitrogens is 3. The van der Waals surface area contributed by atoms with Crippen LogP contribution in [-0.4, -0.2) is 38.4 Å². The Morgan fingerprint density at radius 1 is 1.06 bits per heavy atom. The monoisotopic (exact) mass is 419 g/mol. The lowest BCUT2D eigenvalue weighted by atomic mass is 9.96. The van der Waals surface area contributed by atoms with E-state index in [4.69, 9.17) is 5.10 Å². The maximum absolute atomic E-state index is 12.9. The maximum Gasteiger partial charge on any atom is 0.346 e. The first kappa shape index (κ1) is 20.9. The Morgan fingerprint density at radius 3 is 2.42 bits per heavy atom. The number of amides is 2.